The maximum Gasteiger partial charge on any atom is 0.0259 e. The highest BCUT2D eigenvalue weighted by Gasteiger charge is 2.21. The molecule has 106 valence electrons. The van der Waals surface area contributed by atoms with Gasteiger partial charge in [0.05, 0.1) is 0 Å². The van der Waals surface area contributed by atoms with Gasteiger partial charge in [-0.2, -0.15) is 0 Å². The van der Waals surface area contributed by atoms with Gasteiger partial charge in [-0.3, -0.25) is 5.43 Å². The highest BCUT2D eigenvalue weighted by Crippen LogP contribution is 2.14. The number of likely N-dealkylation sites (N-methyl/N-ethyl adjacent to an activating group) is 1. The molecular weight excluding hydrogens is 224 g/mol. The van der Waals surface area contributed by atoms with Gasteiger partial charge in [-0.05, 0) is 53.2 Å². The Morgan fingerprint density at radius 1 is 0.944 bits per heavy atom. The Hall–Kier alpha value is -0.160. The molecule has 0 saturated carbocycles. The smallest absolute Gasteiger partial charge is 0.0259 e. The monoisotopic (exact) mass is 254 g/mol. The predicted molar refractivity (Wildman–Crippen MR) is 76.6 cm³/mol. The quantitative estimate of drug-likeness (QED) is 0.811. The third-order valence-electron chi connectivity index (χ3n) is 4.36. The van der Waals surface area contributed by atoms with E-state index in [9.17, 15) is 0 Å². The zero-order valence-electron chi connectivity index (χ0n) is 12.4. The standard InChI is InChI=1S/C14H30N4/c1-13(2)17-7-4-5-14(6-8-17)15-18-11-9-16(3)10-12-18/h13-15H,4-12H2,1-3H3. The van der Waals surface area contributed by atoms with Gasteiger partial charge in [-0.15, -0.1) is 0 Å². The van der Waals surface area contributed by atoms with E-state index < -0.39 is 0 Å². The Morgan fingerprint density at radius 2 is 1.67 bits per heavy atom. The van der Waals surface area contributed by atoms with Crippen molar-refractivity contribution in [2.24, 2.45) is 0 Å². The van der Waals surface area contributed by atoms with Crippen molar-refractivity contribution in [2.45, 2.75) is 45.2 Å². The van der Waals surface area contributed by atoms with Crippen molar-refractivity contribution >= 4 is 0 Å². The molecule has 1 atom stereocenters. The normalized spacial score (nSPS) is 29.7. The minimum absolute atomic E-state index is 0.692. The highest BCUT2D eigenvalue weighted by molar-refractivity contribution is 4.77. The molecule has 2 aliphatic rings. The summed E-state index contributed by atoms with van der Waals surface area (Å²) in [4.78, 5) is 5.03. The summed E-state index contributed by atoms with van der Waals surface area (Å²) in [5, 5.41) is 2.44. The molecule has 2 heterocycles. The first-order valence-electron chi connectivity index (χ1n) is 7.59. The van der Waals surface area contributed by atoms with Crippen molar-refractivity contribution in [2.75, 3.05) is 46.3 Å². The predicted octanol–water partition coefficient (Wildman–Crippen LogP) is 1.00. The zero-order valence-corrected chi connectivity index (χ0v) is 12.4. The summed E-state index contributed by atoms with van der Waals surface area (Å²) < 4.78 is 0. The van der Waals surface area contributed by atoms with Crippen LogP contribution in [0.1, 0.15) is 33.1 Å². The largest absolute Gasteiger partial charge is 0.304 e. The van der Waals surface area contributed by atoms with Crippen LogP contribution in [-0.2, 0) is 0 Å². The summed E-state index contributed by atoms with van der Waals surface area (Å²) >= 11 is 0. The molecule has 4 heteroatoms. The van der Waals surface area contributed by atoms with Crippen molar-refractivity contribution in [1.82, 2.24) is 20.2 Å². The van der Waals surface area contributed by atoms with Gasteiger partial charge in [0.1, 0.15) is 0 Å². The number of hydrazine groups is 1. The van der Waals surface area contributed by atoms with E-state index in [0.29, 0.717) is 12.1 Å². The van der Waals surface area contributed by atoms with Crippen LogP contribution in [0.5, 0.6) is 0 Å². The fraction of sp³-hybridized carbons (Fsp3) is 1.00. The Labute approximate surface area is 112 Å². The second kappa shape index (κ2) is 6.85. The van der Waals surface area contributed by atoms with Crippen LogP contribution < -0.4 is 5.43 Å². The molecule has 2 fully saturated rings. The second-order valence-corrected chi connectivity index (χ2v) is 6.18. The Kier molecular flexibility index (Phi) is 5.42. The summed E-state index contributed by atoms with van der Waals surface area (Å²) in [6.07, 6.45) is 3.96. The van der Waals surface area contributed by atoms with Crippen LogP contribution in [0.15, 0.2) is 0 Å². The number of nitrogens with one attached hydrogen (secondary N) is 1. The van der Waals surface area contributed by atoms with E-state index in [0.717, 1.165) is 0 Å². The molecule has 2 aliphatic heterocycles. The molecule has 18 heavy (non-hydrogen) atoms. The lowest BCUT2D eigenvalue weighted by Crippen LogP contribution is -2.53. The van der Waals surface area contributed by atoms with E-state index in [4.69, 9.17) is 0 Å². The van der Waals surface area contributed by atoms with E-state index in [1.54, 1.807) is 0 Å². The first-order valence-corrected chi connectivity index (χ1v) is 7.59. The molecule has 1 N–H and O–H groups in total. The molecule has 2 saturated heterocycles. The number of rotatable bonds is 3. The molecule has 0 aromatic carbocycles. The van der Waals surface area contributed by atoms with E-state index in [1.165, 1.54) is 58.5 Å². The van der Waals surface area contributed by atoms with Crippen LogP contribution in [0, 0.1) is 0 Å². The second-order valence-electron chi connectivity index (χ2n) is 6.18. The van der Waals surface area contributed by atoms with Gasteiger partial charge in [-0.25, -0.2) is 5.01 Å². The van der Waals surface area contributed by atoms with Gasteiger partial charge < -0.3 is 9.80 Å². The van der Waals surface area contributed by atoms with E-state index in [2.05, 4.69) is 41.1 Å². The number of piperazine rings is 1. The summed E-state index contributed by atoms with van der Waals surface area (Å²) in [7, 11) is 2.21. The first kappa shape index (κ1) is 14.3. The molecule has 2 rings (SSSR count). The molecule has 1 unspecified atom stereocenters. The molecule has 0 radical (unpaired) electrons. The molecule has 4 nitrogen and oxygen atoms in total. The van der Waals surface area contributed by atoms with Crippen LogP contribution in [0.25, 0.3) is 0 Å². The van der Waals surface area contributed by atoms with Crippen LogP contribution in [0.3, 0.4) is 0 Å². The third-order valence-corrected chi connectivity index (χ3v) is 4.36. The zero-order chi connectivity index (χ0) is 13.0. The first-order chi connectivity index (χ1) is 8.65. The van der Waals surface area contributed by atoms with E-state index in [1.807, 2.05) is 0 Å². The van der Waals surface area contributed by atoms with Crippen molar-refractivity contribution in [3.05, 3.63) is 0 Å². The summed E-state index contributed by atoms with van der Waals surface area (Å²) in [6.45, 7) is 11.9. The summed E-state index contributed by atoms with van der Waals surface area (Å²) in [6, 6.07) is 1.39. The molecule has 0 aromatic heterocycles. The van der Waals surface area contributed by atoms with Gasteiger partial charge in [0.2, 0.25) is 0 Å². The third kappa shape index (κ3) is 4.19. The molecular formula is C14H30N4. The van der Waals surface area contributed by atoms with Crippen LogP contribution in [-0.4, -0.2) is 73.2 Å². The SMILES string of the molecule is CC(C)N1CCCC(NN2CCN(C)CC2)CC1. The summed E-state index contributed by atoms with van der Waals surface area (Å²) in [5.74, 6) is 0. The molecule has 0 bridgehead atoms. The highest BCUT2D eigenvalue weighted by atomic mass is 15.5. The van der Waals surface area contributed by atoms with Crippen molar-refractivity contribution < 1.29 is 0 Å². The number of likely N-dealkylation sites (tertiary alicyclic amines) is 1. The van der Waals surface area contributed by atoms with Crippen LogP contribution >= 0.6 is 0 Å². The van der Waals surface area contributed by atoms with Gasteiger partial charge in [0, 0.05) is 38.3 Å². The van der Waals surface area contributed by atoms with E-state index in [-0.39, 0.29) is 0 Å². The average molecular weight is 254 g/mol. The fourth-order valence-corrected chi connectivity index (χ4v) is 2.96. The Balaban J connectivity index is 1.73. The van der Waals surface area contributed by atoms with Gasteiger partial charge >= 0.3 is 0 Å². The van der Waals surface area contributed by atoms with Crippen molar-refractivity contribution in [3.8, 4) is 0 Å². The Morgan fingerprint density at radius 3 is 2.33 bits per heavy atom. The number of nitrogens with zero attached hydrogens (tertiary/aromatic N) is 3. The van der Waals surface area contributed by atoms with Gasteiger partial charge in [0.15, 0.2) is 0 Å². The van der Waals surface area contributed by atoms with E-state index >= 15 is 0 Å². The van der Waals surface area contributed by atoms with Crippen LogP contribution in [0.2, 0.25) is 0 Å². The topological polar surface area (TPSA) is 21.8 Å². The molecule has 0 aromatic rings. The van der Waals surface area contributed by atoms with Crippen molar-refractivity contribution in [3.63, 3.8) is 0 Å². The van der Waals surface area contributed by atoms with Crippen molar-refractivity contribution in [1.29, 1.82) is 0 Å². The lowest BCUT2D eigenvalue weighted by atomic mass is 10.1. The number of hydrogen-bond acceptors (Lipinski definition) is 4. The lowest BCUT2D eigenvalue weighted by molar-refractivity contribution is 0.0830. The molecule has 0 amide bonds. The van der Waals surface area contributed by atoms with Gasteiger partial charge in [0.25, 0.3) is 0 Å². The van der Waals surface area contributed by atoms with Gasteiger partial charge in [-0.1, -0.05) is 0 Å². The minimum atomic E-state index is 0.692. The lowest BCUT2D eigenvalue weighted by Gasteiger charge is -2.35. The minimum Gasteiger partial charge on any atom is -0.304 e. The molecule has 0 aliphatic carbocycles. The van der Waals surface area contributed by atoms with Crippen LogP contribution in [0.4, 0.5) is 0 Å². The number of hydrogen-bond donors (Lipinski definition) is 1. The maximum atomic E-state index is 3.76. The average Bonchev–Trinajstić information content (AvgIpc) is 2.58. The Bertz CT molecular complexity index is 236. The molecule has 0 spiro atoms. The fourth-order valence-electron chi connectivity index (χ4n) is 2.96. The maximum absolute atomic E-state index is 3.76. The summed E-state index contributed by atoms with van der Waals surface area (Å²) in [5.41, 5.74) is 3.76.